The summed E-state index contributed by atoms with van der Waals surface area (Å²) >= 11 is 0. The number of carbonyl (C=O) groups excluding carboxylic acids is 1. The summed E-state index contributed by atoms with van der Waals surface area (Å²) in [6.07, 6.45) is 2.52. The van der Waals surface area contributed by atoms with E-state index in [2.05, 4.69) is 4.90 Å². The van der Waals surface area contributed by atoms with Gasteiger partial charge in [0.1, 0.15) is 5.69 Å². The zero-order valence-electron chi connectivity index (χ0n) is 18.7. The van der Waals surface area contributed by atoms with Crippen molar-refractivity contribution in [2.75, 3.05) is 37.7 Å². The number of benzene rings is 2. The molecule has 0 aliphatic carbocycles. The lowest BCUT2D eigenvalue weighted by molar-refractivity contribution is 0.0588. The quantitative estimate of drug-likeness (QED) is 0.594. The van der Waals surface area contributed by atoms with Crippen molar-refractivity contribution < 1.29 is 13.2 Å². The molecule has 8 heteroatoms. The molecule has 2 aliphatic heterocycles. The maximum Gasteiger partial charge on any atom is 0.257 e. The molecule has 5 rings (SSSR count). The summed E-state index contributed by atoms with van der Waals surface area (Å²) in [4.78, 5) is 17.7. The number of piperazine rings is 1. The maximum atomic E-state index is 13.6. The molecule has 2 fully saturated rings. The molecule has 3 aromatic rings. The Labute approximate surface area is 194 Å². The van der Waals surface area contributed by atoms with Crippen LogP contribution in [0.1, 0.15) is 22.3 Å². The van der Waals surface area contributed by atoms with Crippen LogP contribution in [0.5, 0.6) is 0 Å². The van der Waals surface area contributed by atoms with Crippen molar-refractivity contribution in [1.29, 1.82) is 0 Å². The molecule has 0 radical (unpaired) electrons. The van der Waals surface area contributed by atoms with E-state index in [0.717, 1.165) is 16.8 Å². The molecule has 1 atom stereocenters. The first-order valence-corrected chi connectivity index (χ1v) is 13.2. The number of para-hydroxylation sites is 1. The predicted octanol–water partition coefficient (Wildman–Crippen LogP) is 2.79. The van der Waals surface area contributed by atoms with Gasteiger partial charge in [0.15, 0.2) is 9.84 Å². The minimum absolute atomic E-state index is 0.0348. The molecule has 172 valence electrons. The van der Waals surface area contributed by atoms with Crippen LogP contribution in [0.3, 0.4) is 0 Å². The maximum absolute atomic E-state index is 13.6. The molecular formula is C25H28N4O3S. The number of hydrogen-bond donors (Lipinski definition) is 0. The highest BCUT2D eigenvalue weighted by Crippen LogP contribution is 2.27. The second-order valence-corrected chi connectivity index (χ2v) is 11.2. The first kappa shape index (κ1) is 21.9. The molecule has 1 amide bonds. The Balaban J connectivity index is 1.40. The Kier molecular flexibility index (Phi) is 5.80. The van der Waals surface area contributed by atoms with Gasteiger partial charge in [-0.2, -0.15) is 5.10 Å². The summed E-state index contributed by atoms with van der Waals surface area (Å²) in [5, 5.41) is 4.79. The van der Waals surface area contributed by atoms with Gasteiger partial charge in [-0.25, -0.2) is 13.1 Å². The van der Waals surface area contributed by atoms with Gasteiger partial charge in [-0.15, -0.1) is 0 Å². The van der Waals surface area contributed by atoms with Crippen LogP contribution in [-0.2, 0) is 9.84 Å². The number of aryl methyl sites for hydroxylation is 1. The van der Waals surface area contributed by atoms with E-state index in [1.807, 2.05) is 72.6 Å². The number of nitrogens with zero attached hydrogens (tertiary/aromatic N) is 4. The Bertz CT molecular complexity index is 1260. The molecule has 1 aromatic heterocycles. The van der Waals surface area contributed by atoms with E-state index in [4.69, 9.17) is 5.10 Å². The molecule has 2 aliphatic rings. The lowest BCUT2D eigenvalue weighted by Crippen LogP contribution is -2.52. The number of amides is 1. The van der Waals surface area contributed by atoms with E-state index in [0.29, 0.717) is 43.9 Å². The lowest BCUT2D eigenvalue weighted by Gasteiger charge is -2.37. The minimum atomic E-state index is -2.91. The van der Waals surface area contributed by atoms with Crippen molar-refractivity contribution >= 4 is 15.7 Å². The topological polar surface area (TPSA) is 75.5 Å². The van der Waals surface area contributed by atoms with Crippen molar-refractivity contribution in [2.45, 2.75) is 19.4 Å². The number of sulfone groups is 1. The van der Waals surface area contributed by atoms with E-state index < -0.39 is 9.84 Å². The average Bonchev–Trinajstić information content (AvgIpc) is 3.43. The van der Waals surface area contributed by atoms with Crippen LogP contribution in [0.25, 0.3) is 16.9 Å². The SMILES string of the molecule is Cc1cccc(-c2nn(-c3ccccc3)cc2C(=O)N2CCN([C@@H]3CCS(=O)(=O)C3)CC2)c1. The van der Waals surface area contributed by atoms with E-state index in [1.54, 1.807) is 4.68 Å². The van der Waals surface area contributed by atoms with Crippen LogP contribution >= 0.6 is 0 Å². The van der Waals surface area contributed by atoms with Crippen molar-refractivity contribution in [3.63, 3.8) is 0 Å². The van der Waals surface area contributed by atoms with Gasteiger partial charge in [0, 0.05) is 44.0 Å². The third-order valence-corrected chi connectivity index (χ3v) is 8.33. The van der Waals surface area contributed by atoms with Crippen LogP contribution in [0.2, 0.25) is 0 Å². The summed E-state index contributed by atoms with van der Waals surface area (Å²) in [6.45, 7) is 4.58. The van der Waals surface area contributed by atoms with Crippen LogP contribution in [0.4, 0.5) is 0 Å². The van der Waals surface area contributed by atoms with Crippen LogP contribution in [0.15, 0.2) is 60.8 Å². The Hall–Kier alpha value is -2.97. The fourth-order valence-corrected chi connectivity index (χ4v) is 6.53. The summed E-state index contributed by atoms with van der Waals surface area (Å²) in [6, 6.07) is 17.9. The zero-order valence-corrected chi connectivity index (χ0v) is 19.5. The Morgan fingerprint density at radius 3 is 2.42 bits per heavy atom. The predicted molar refractivity (Wildman–Crippen MR) is 128 cm³/mol. The summed E-state index contributed by atoms with van der Waals surface area (Å²) in [5.41, 5.74) is 4.19. The van der Waals surface area contributed by atoms with Crippen molar-refractivity contribution in [3.8, 4) is 16.9 Å². The molecule has 3 heterocycles. The van der Waals surface area contributed by atoms with Crippen molar-refractivity contribution in [3.05, 3.63) is 71.9 Å². The molecule has 0 N–H and O–H groups in total. The molecule has 7 nitrogen and oxygen atoms in total. The van der Waals surface area contributed by atoms with Gasteiger partial charge in [-0.3, -0.25) is 9.69 Å². The van der Waals surface area contributed by atoms with Crippen molar-refractivity contribution in [1.82, 2.24) is 19.6 Å². The third-order valence-electron chi connectivity index (χ3n) is 6.58. The number of aromatic nitrogens is 2. The molecule has 2 aromatic carbocycles. The summed E-state index contributed by atoms with van der Waals surface area (Å²) in [5.74, 6) is 0.477. The minimum Gasteiger partial charge on any atom is -0.336 e. The van der Waals surface area contributed by atoms with E-state index in [9.17, 15) is 13.2 Å². The molecule has 0 unspecified atom stereocenters. The third kappa shape index (κ3) is 4.58. The Morgan fingerprint density at radius 1 is 1.00 bits per heavy atom. The van der Waals surface area contributed by atoms with Gasteiger partial charge in [-0.05, 0) is 31.5 Å². The number of carbonyl (C=O) groups is 1. The second kappa shape index (κ2) is 8.76. The van der Waals surface area contributed by atoms with Gasteiger partial charge in [-0.1, -0.05) is 42.0 Å². The molecule has 2 saturated heterocycles. The first-order valence-electron chi connectivity index (χ1n) is 11.4. The molecule has 0 spiro atoms. The van der Waals surface area contributed by atoms with Gasteiger partial charge in [0.2, 0.25) is 0 Å². The largest absolute Gasteiger partial charge is 0.336 e. The van der Waals surface area contributed by atoms with E-state index in [-0.39, 0.29) is 23.5 Å². The fraction of sp³-hybridized carbons (Fsp3) is 0.360. The molecule has 0 saturated carbocycles. The Morgan fingerprint density at radius 2 is 1.76 bits per heavy atom. The van der Waals surface area contributed by atoms with Gasteiger partial charge in [0.05, 0.1) is 22.8 Å². The van der Waals surface area contributed by atoms with Gasteiger partial charge in [0.25, 0.3) is 5.91 Å². The van der Waals surface area contributed by atoms with E-state index in [1.165, 1.54) is 0 Å². The average molecular weight is 465 g/mol. The molecule has 0 bridgehead atoms. The number of rotatable bonds is 4. The van der Waals surface area contributed by atoms with Crippen LogP contribution < -0.4 is 0 Å². The summed E-state index contributed by atoms with van der Waals surface area (Å²) in [7, 11) is -2.91. The first-order chi connectivity index (χ1) is 15.9. The molecule has 33 heavy (non-hydrogen) atoms. The highest BCUT2D eigenvalue weighted by molar-refractivity contribution is 7.91. The highest BCUT2D eigenvalue weighted by atomic mass is 32.2. The monoisotopic (exact) mass is 464 g/mol. The van der Waals surface area contributed by atoms with Gasteiger partial charge >= 0.3 is 0 Å². The lowest BCUT2D eigenvalue weighted by atomic mass is 10.0. The van der Waals surface area contributed by atoms with Crippen LogP contribution in [-0.4, -0.2) is 77.6 Å². The highest BCUT2D eigenvalue weighted by Gasteiger charge is 2.35. The van der Waals surface area contributed by atoms with Gasteiger partial charge < -0.3 is 4.90 Å². The zero-order chi connectivity index (χ0) is 23.0. The smallest absolute Gasteiger partial charge is 0.257 e. The van der Waals surface area contributed by atoms with Crippen LogP contribution in [0, 0.1) is 6.92 Å². The fourth-order valence-electron chi connectivity index (χ4n) is 4.77. The number of hydrogen-bond acceptors (Lipinski definition) is 5. The standard InChI is InChI=1S/C25H28N4O3S/c1-19-6-5-7-20(16-19)24-23(17-29(26-24)21-8-3-2-4-9-21)25(30)28-13-11-27(12-14-28)22-10-15-33(31,32)18-22/h2-9,16-17,22H,10-15,18H2,1H3/t22-/m1/s1. The van der Waals surface area contributed by atoms with Crippen molar-refractivity contribution in [2.24, 2.45) is 0 Å². The normalized spacial score (nSPS) is 20.8. The summed E-state index contributed by atoms with van der Waals surface area (Å²) < 4.78 is 25.5. The second-order valence-electron chi connectivity index (χ2n) is 8.93. The molecular weight excluding hydrogens is 436 g/mol. The van der Waals surface area contributed by atoms with E-state index >= 15 is 0 Å².